The van der Waals surface area contributed by atoms with Gasteiger partial charge in [-0.05, 0) is 24.6 Å². The average Bonchev–Trinajstić information content (AvgIpc) is 2.87. The lowest BCUT2D eigenvalue weighted by Gasteiger charge is -2.15. The highest BCUT2D eigenvalue weighted by Gasteiger charge is 2.19. The first-order chi connectivity index (χ1) is 9.85. The molecule has 0 aliphatic heterocycles. The number of fused-ring (bicyclic) bond motifs is 1. The number of aromatic amines is 1. The number of H-pyrrole nitrogens is 1. The third-order valence-electron chi connectivity index (χ3n) is 3.43. The number of anilines is 1. The molecule has 21 heavy (non-hydrogen) atoms. The summed E-state index contributed by atoms with van der Waals surface area (Å²) in [4.78, 5) is 19.6. The number of hydrogen-bond acceptors (Lipinski definition) is 4. The number of ether oxygens (including phenoxy) is 1. The maximum atomic E-state index is 11.6. The molecule has 1 unspecified atom stereocenters. The predicted octanol–water partition coefficient (Wildman–Crippen LogP) is 3.22. The fourth-order valence-corrected chi connectivity index (χ4v) is 2.13. The average molecular weight is 289 g/mol. The first kappa shape index (κ1) is 15.4. The molecular formula is C16H23N3O2. The van der Waals surface area contributed by atoms with E-state index in [4.69, 9.17) is 4.74 Å². The van der Waals surface area contributed by atoms with Crippen molar-refractivity contribution in [1.82, 2.24) is 9.97 Å². The zero-order valence-electron chi connectivity index (χ0n) is 13.3. The van der Waals surface area contributed by atoms with Crippen LogP contribution < -0.4 is 5.32 Å². The van der Waals surface area contributed by atoms with Crippen LogP contribution in [0, 0.1) is 0 Å². The Labute approximate surface area is 125 Å². The van der Waals surface area contributed by atoms with E-state index in [1.807, 2.05) is 25.1 Å². The van der Waals surface area contributed by atoms with E-state index in [0.717, 1.165) is 22.5 Å². The third kappa shape index (κ3) is 3.35. The zero-order valence-corrected chi connectivity index (χ0v) is 13.3. The Morgan fingerprint density at radius 3 is 2.71 bits per heavy atom. The van der Waals surface area contributed by atoms with Gasteiger partial charge in [0.15, 0.2) is 0 Å². The topological polar surface area (TPSA) is 67.0 Å². The molecule has 0 radical (unpaired) electrons. The lowest BCUT2D eigenvalue weighted by atomic mass is 9.96. The van der Waals surface area contributed by atoms with E-state index in [1.165, 1.54) is 7.11 Å². The fourth-order valence-electron chi connectivity index (χ4n) is 2.13. The SMILES string of the molecule is CCC(Nc1ccc2nc(C(C)(C)C)[nH]c2c1)C(=O)OC. The number of hydrogen-bond donors (Lipinski definition) is 2. The summed E-state index contributed by atoms with van der Waals surface area (Å²) in [6, 6.07) is 5.52. The van der Waals surface area contributed by atoms with E-state index in [-0.39, 0.29) is 17.4 Å². The normalized spacial score (nSPS) is 13.2. The van der Waals surface area contributed by atoms with Gasteiger partial charge in [-0.25, -0.2) is 9.78 Å². The maximum Gasteiger partial charge on any atom is 0.328 e. The van der Waals surface area contributed by atoms with Crippen molar-refractivity contribution in [2.75, 3.05) is 12.4 Å². The first-order valence-electron chi connectivity index (χ1n) is 7.19. The van der Waals surface area contributed by atoms with Crippen LogP contribution in [0.5, 0.6) is 0 Å². The second-order valence-electron chi connectivity index (χ2n) is 6.20. The fraction of sp³-hybridized carbons (Fsp3) is 0.500. The van der Waals surface area contributed by atoms with Crippen LogP contribution in [0.3, 0.4) is 0 Å². The van der Waals surface area contributed by atoms with E-state index in [0.29, 0.717) is 6.42 Å². The number of esters is 1. The second kappa shape index (κ2) is 5.76. The number of rotatable bonds is 4. The number of carbonyl (C=O) groups is 1. The summed E-state index contributed by atoms with van der Waals surface area (Å²) in [7, 11) is 1.40. The Morgan fingerprint density at radius 1 is 1.43 bits per heavy atom. The maximum absolute atomic E-state index is 11.6. The molecular weight excluding hydrogens is 266 g/mol. The molecule has 0 aliphatic carbocycles. The van der Waals surface area contributed by atoms with Crippen molar-refractivity contribution in [3.8, 4) is 0 Å². The van der Waals surface area contributed by atoms with Crippen LogP contribution in [0.25, 0.3) is 11.0 Å². The molecule has 114 valence electrons. The van der Waals surface area contributed by atoms with Crippen LogP contribution in [0.15, 0.2) is 18.2 Å². The third-order valence-corrected chi connectivity index (χ3v) is 3.43. The summed E-state index contributed by atoms with van der Waals surface area (Å²) in [5.41, 5.74) is 2.75. The first-order valence-corrected chi connectivity index (χ1v) is 7.19. The molecule has 2 rings (SSSR count). The van der Waals surface area contributed by atoms with E-state index >= 15 is 0 Å². The molecule has 2 aromatic rings. The number of nitrogens with one attached hydrogen (secondary N) is 2. The van der Waals surface area contributed by atoms with Crippen LogP contribution in [0.2, 0.25) is 0 Å². The minimum atomic E-state index is -0.336. The Morgan fingerprint density at radius 2 is 2.14 bits per heavy atom. The van der Waals surface area contributed by atoms with Gasteiger partial charge in [0.2, 0.25) is 0 Å². The van der Waals surface area contributed by atoms with Crippen LogP contribution in [-0.4, -0.2) is 29.1 Å². The van der Waals surface area contributed by atoms with Gasteiger partial charge in [-0.15, -0.1) is 0 Å². The van der Waals surface area contributed by atoms with Gasteiger partial charge < -0.3 is 15.0 Å². The van der Waals surface area contributed by atoms with Crippen molar-refractivity contribution in [3.63, 3.8) is 0 Å². The molecule has 2 N–H and O–H groups in total. The van der Waals surface area contributed by atoms with Crippen molar-refractivity contribution in [3.05, 3.63) is 24.0 Å². The highest BCUT2D eigenvalue weighted by atomic mass is 16.5. The Hall–Kier alpha value is -2.04. The minimum absolute atomic E-state index is 0.0232. The van der Waals surface area contributed by atoms with Gasteiger partial charge in [0.05, 0.1) is 18.1 Å². The quantitative estimate of drug-likeness (QED) is 0.848. The Kier molecular flexibility index (Phi) is 4.21. The summed E-state index contributed by atoms with van der Waals surface area (Å²) in [6.45, 7) is 8.30. The molecule has 1 aromatic carbocycles. The van der Waals surface area contributed by atoms with E-state index in [2.05, 4.69) is 36.1 Å². The van der Waals surface area contributed by atoms with Gasteiger partial charge in [-0.1, -0.05) is 27.7 Å². The molecule has 0 aliphatic rings. The molecule has 1 heterocycles. The summed E-state index contributed by atoms with van der Waals surface area (Å²) < 4.78 is 4.79. The lowest BCUT2D eigenvalue weighted by Crippen LogP contribution is -2.29. The van der Waals surface area contributed by atoms with Crippen molar-refractivity contribution >= 4 is 22.7 Å². The highest BCUT2D eigenvalue weighted by molar-refractivity contribution is 5.83. The van der Waals surface area contributed by atoms with Gasteiger partial charge in [0, 0.05) is 11.1 Å². The monoisotopic (exact) mass is 289 g/mol. The van der Waals surface area contributed by atoms with E-state index in [1.54, 1.807) is 0 Å². The van der Waals surface area contributed by atoms with Crippen molar-refractivity contribution in [2.45, 2.75) is 45.6 Å². The molecule has 5 nitrogen and oxygen atoms in total. The highest BCUT2D eigenvalue weighted by Crippen LogP contribution is 2.24. The standard InChI is InChI=1S/C16H23N3O2/c1-6-11(14(20)21-5)17-10-7-8-12-13(9-10)19-15(18-12)16(2,3)4/h7-9,11,17H,6H2,1-5H3,(H,18,19). The Bertz CT molecular complexity index is 640. The van der Waals surface area contributed by atoms with Crippen LogP contribution in [-0.2, 0) is 14.9 Å². The second-order valence-corrected chi connectivity index (χ2v) is 6.20. The van der Waals surface area contributed by atoms with Crippen LogP contribution >= 0.6 is 0 Å². The predicted molar refractivity (Wildman–Crippen MR) is 84.5 cm³/mol. The van der Waals surface area contributed by atoms with E-state index < -0.39 is 0 Å². The number of methoxy groups -OCH3 is 1. The van der Waals surface area contributed by atoms with Gasteiger partial charge in [0.1, 0.15) is 11.9 Å². The Balaban J connectivity index is 2.28. The lowest BCUT2D eigenvalue weighted by molar-refractivity contribution is -0.141. The molecule has 1 atom stereocenters. The summed E-state index contributed by atoms with van der Waals surface area (Å²) >= 11 is 0. The minimum Gasteiger partial charge on any atom is -0.467 e. The number of nitrogens with zero attached hydrogens (tertiary/aromatic N) is 1. The molecule has 1 aromatic heterocycles. The molecule has 0 bridgehead atoms. The summed E-state index contributed by atoms with van der Waals surface area (Å²) in [5, 5.41) is 3.20. The van der Waals surface area contributed by atoms with Crippen molar-refractivity contribution in [1.29, 1.82) is 0 Å². The molecule has 0 amide bonds. The summed E-state index contributed by atoms with van der Waals surface area (Å²) in [6.07, 6.45) is 0.668. The van der Waals surface area contributed by atoms with Crippen molar-refractivity contribution < 1.29 is 9.53 Å². The van der Waals surface area contributed by atoms with Gasteiger partial charge in [-0.3, -0.25) is 0 Å². The zero-order chi connectivity index (χ0) is 15.6. The van der Waals surface area contributed by atoms with Gasteiger partial charge >= 0.3 is 5.97 Å². The molecule has 0 saturated carbocycles. The van der Waals surface area contributed by atoms with Gasteiger partial charge in [-0.2, -0.15) is 0 Å². The summed E-state index contributed by atoms with van der Waals surface area (Å²) in [5.74, 6) is 0.701. The van der Waals surface area contributed by atoms with Crippen LogP contribution in [0.1, 0.15) is 39.9 Å². The number of benzene rings is 1. The number of carbonyl (C=O) groups excluding carboxylic acids is 1. The molecule has 0 spiro atoms. The molecule has 0 fully saturated rings. The van der Waals surface area contributed by atoms with E-state index in [9.17, 15) is 4.79 Å². The smallest absolute Gasteiger partial charge is 0.328 e. The molecule has 5 heteroatoms. The molecule has 0 saturated heterocycles. The van der Waals surface area contributed by atoms with Crippen molar-refractivity contribution in [2.24, 2.45) is 0 Å². The number of aromatic nitrogens is 2. The number of imidazole rings is 1. The van der Waals surface area contributed by atoms with Crippen LogP contribution in [0.4, 0.5) is 5.69 Å². The van der Waals surface area contributed by atoms with Gasteiger partial charge in [0.25, 0.3) is 0 Å². The largest absolute Gasteiger partial charge is 0.467 e.